The number of carboxylic acids is 3. The van der Waals surface area contributed by atoms with Crippen LogP contribution in [0.5, 0.6) is 0 Å². The average molecular weight is 303 g/mol. The molecule has 8 nitrogen and oxygen atoms in total. The van der Waals surface area contributed by atoms with Gasteiger partial charge in [-0.1, -0.05) is 13.2 Å². The smallest absolute Gasteiger partial charge is 0.545 e. The normalized spacial score (nSPS) is 7.00. The molecule has 20 heavy (non-hydrogen) atoms. The molecule has 3 N–H and O–H groups in total. The molecule has 0 atom stereocenters. The SMILES string of the molecule is C=CC(=O)O.C=CC(N)=O.O=C([O-])C=CC(=O)[O-].[Na+].[Na+]. The quantitative estimate of drug-likeness (QED) is 0.385. The molecule has 0 aliphatic rings. The summed E-state index contributed by atoms with van der Waals surface area (Å²) in [5, 5.41) is 26.4. The zero-order valence-corrected chi connectivity index (χ0v) is 15.2. The first-order valence-corrected chi connectivity index (χ1v) is 4.04. The molecule has 0 spiro atoms. The summed E-state index contributed by atoms with van der Waals surface area (Å²) in [5.74, 6) is -4.56. The van der Waals surface area contributed by atoms with Gasteiger partial charge < -0.3 is 30.6 Å². The van der Waals surface area contributed by atoms with Gasteiger partial charge in [-0.3, -0.25) is 4.79 Å². The van der Waals surface area contributed by atoms with Crippen molar-refractivity contribution in [2.45, 2.75) is 0 Å². The first-order chi connectivity index (χ1) is 8.17. The summed E-state index contributed by atoms with van der Waals surface area (Å²) in [6.07, 6.45) is 2.66. The van der Waals surface area contributed by atoms with E-state index in [1.807, 2.05) is 0 Å². The van der Waals surface area contributed by atoms with Gasteiger partial charge in [0.05, 0.1) is 11.9 Å². The third kappa shape index (κ3) is 67.6. The maximum Gasteiger partial charge on any atom is 1.00 e. The molecule has 0 aromatic rings. The third-order valence-electron chi connectivity index (χ3n) is 0.731. The standard InChI is InChI=1S/C4H4O4.C3H5NO.C3H4O2.2Na/c5-3(6)1-2-4(7)8;2*1-2-3(4)5;;/h1-2H,(H,5,6)(H,7,8);2H,1H2,(H2,4,5);2H,1H2,(H,4,5);;/q;;;2*+1/p-2. The van der Waals surface area contributed by atoms with Gasteiger partial charge in [0.25, 0.3) is 0 Å². The van der Waals surface area contributed by atoms with Crippen LogP contribution in [-0.2, 0) is 19.2 Å². The molecular weight excluding hydrogens is 292 g/mol. The number of hydrogen-bond acceptors (Lipinski definition) is 6. The number of amides is 1. The third-order valence-corrected chi connectivity index (χ3v) is 0.731. The van der Waals surface area contributed by atoms with Crippen LogP contribution in [0.3, 0.4) is 0 Å². The second-order valence-corrected chi connectivity index (χ2v) is 2.12. The summed E-state index contributed by atoms with van der Waals surface area (Å²) in [5.41, 5.74) is 4.53. The van der Waals surface area contributed by atoms with E-state index in [2.05, 4.69) is 18.9 Å². The molecule has 0 aromatic carbocycles. The Morgan fingerprint density at radius 1 is 0.900 bits per heavy atom. The van der Waals surface area contributed by atoms with E-state index in [9.17, 15) is 29.4 Å². The Bertz CT molecular complexity index is 333. The number of rotatable bonds is 4. The first kappa shape index (κ1) is 31.5. The van der Waals surface area contributed by atoms with Gasteiger partial charge in [0.15, 0.2) is 0 Å². The summed E-state index contributed by atoms with van der Waals surface area (Å²) in [4.78, 5) is 37.6. The van der Waals surface area contributed by atoms with Crippen LogP contribution < -0.4 is 75.1 Å². The Balaban J connectivity index is -0.0000000558. The number of nitrogens with two attached hydrogens (primary N) is 1. The monoisotopic (exact) mass is 303 g/mol. The molecule has 100 valence electrons. The van der Waals surface area contributed by atoms with Crippen molar-refractivity contribution in [3.8, 4) is 0 Å². The molecule has 0 bridgehead atoms. The number of primary amides is 1. The fourth-order valence-electron chi connectivity index (χ4n) is 0.136. The van der Waals surface area contributed by atoms with Gasteiger partial charge in [0.1, 0.15) is 0 Å². The van der Waals surface area contributed by atoms with Crippen LogP contribution in [0.2, 0.25) is 0 Å². The molecule has 0 rings (SSSR count). The summed E-state index contributed by atoms with van der Waals surface area (Å²) in [6.45, 7) is 6.05. The van der Waals surface area contributed by atoms with Gasteiger partial charge in [-0.2, -0.15) is 0 Å². The van der Waals surface area contributed by atoms with Crippen molar-refractivity contribution in [2.75, 3.05) is 0 Å². The van der Waals surface area contributed by atoms with Gasteiger partial charge >= 0.3 is 65.1 Å². The molecule has 0 aromatic heterocycles. The Kier molecular flexibility index (Phi) is 36.5. The van der Waals surface area contributed by atoms with Crippen molar-refractivity contribution in [1.29, 1.82) is 0 Å². The zero-order valence-electron chi connectivity index (χ0n) is 11.2. The minimum absolute atomic E-state index is 0. The van der Waals surface area contributed by atoms with E-state index in [0.29, 0.717) is 12.2 Å². The fourth-order valence-corrected chi connectivity index (χ4v) is 0.136. The van der Waals surface area contributed by atoms with E-state index in [1.54, 1.807) is 0 Å². The summed E-state index contributed by atoms with van der Waals surface area (Å²) in [6, 6.07) is 0. The minimum Gasteiger partial charge on any atom is -0.545 e. The van der Waals surface area contributed by atoms with E-state index in [-0.39, 0.29) is 59.1 Å². The van der Waals surface area contributed by atoms with Crippen molar-refractivity contribution < 1.29 is 93.6 Å². The van der Waals surface area contributed by atoms with Gasteiger partial charge in [0.2, 0.25) is 5.91 Å². The molecule has 0 aliphatic carbocycles. The van der Waals surface area contributed by atoms with Crippen molar-refractivity contribution in [2.24, 2.45) is 5.73 Å². The second-order valence-electron chi connectivity index (χ2n) is 2.12. The summed E-state index contributed by atoms with van der Waals surface area (Å²) in [7, 11) is 0. The first-order valence-electron chi connectivity index (χ1n) is 4.04. The van der Waals surface area contributed by atoms with Gasteiger partial charge in [-0.15, -0.1) is 0 Å². The van der Waals surface area contributed by atoms with Crippen molar-refractivity contribution >= 4 is 23.8 Å². The van der Waals surface area contributed by atoms with Crippen LogP contribution >= 0.6 is 0 Å². The molecule has 10 heteroatoms. The van der Waals surface area contributed by atoms with Crippen molar-refractivity contribution in [1.82, 2.24) is 0 Å². The number of carbonyl (C=O) groups is 4. The maximum absolute atomic E-state index is 9.47. The van der Waals surface area contributed by atoms with Crippen LogP contribution in [0.15, 0.2) is 37.5 Å². The van der Waals surface area contributed by atoms with E-state index in [0.717, 1.165) is 12.2 Å². The van der Waals surface area contributed by atoms with E-state index in [1.165, 1.54) is 0 Å². The van der Waals surface area contributed by atoms with E-state index < -0.39 is 23.8 Å². The molecular formula is C10H11NNa2O7. The van der Waals surface area contributed by atoms with Crippen LogP contribution in [0, 0.1) is 0 Å². The molecule has 0 unspecified atom stereocenters. The number of hydrogen-bond donors (Lipinski definition) is 2. The summed E-state index contributed by atoms with van der Waals surface area (Å²) < 4.78 is 0. The second kappa shape index (κ2) is 23.2. The largest absolute Gasteiger partial charge is 1.00 e. The molecule has 1 amide bonds. The van der Waals surface area contributed by atoms with Gasteiger partial charge in [-0.05, 0) is 18.2 Å². The van der Waals surface area contributed by atoms with Crippen LogP contribution in [0.1, 0.15) is 0 Å². The minimum atomic E-state index is -1.55. The number of carboxylic acid groups (broad SMARTS) is 3. The predicted molar refractivity (Wildman–Crippen MR) is 56.4 cm³/mol. The van der Waals surface area contributed by atoms with Crippen molar-refractivity contribution in [3.05, 3.63) is 37.5 Å². The zero-order chi connectivity index (χ0) is 15.1. The van der Waals surface area contributed by atoms with Crippen LogP contribution in [0.4, 0.5) is 0 Å². The Labute approximate surface area is 159 Å². The molecule has 0 aliphatic heterocycles. The Hall–Kier alpha value is -0.900. The molecule has 0 fully saturated rings. The molecule has 0 saturated heterocycles. The topological polar surface area (TPSA) is 161 Å². The molecule has 0 radical (unpaired) electrons. The van der Waals surface area contributed by atoms with Crippen LogP contribution in [0.25, 0.3) is 0 Å². The van der Waals surface area contributed by atoms with E-state index >= 15 is 0 Å². The molecule has 0 heterocycles. The average Bonchev–Trinajstić information content (AvgIpc) is 2.27. The van der Waals surface area contributed by atoms with Crippen LogP contribution in [-0.4, -0.2) is 28.9 Å². The summed E-state index contributed by atoms with van der Waals surface area (Å²) >= 11 is 0. The Morgan fingerprint density at radius 3 is 1.15 bits per heavy atom. The van der Waals surface area contributed by atoms with Gasteiger partial charge in [0, 0.05) is 6.08 Å². The van der Waals surface area contributed by atoms with Crippen molar-refractivity contribution in [3.63, 3.8) is 0 Å². The van der Waals surface area contributed by atoms with Gasteiger partial charge in [-0.25, -0.2) is 4.79 Å². The number of carbonyl (C=O) groups excluding carboxylic acids is 3. The predicted octanol–water partition coefficient (Wildman–Crippen LogP) is -9.03. The van der Waals surface area contributed by atoms with E-state index in [4.69, 9.17) is 5.11 Å². The number of aliphatic carboxylic acids is 3. The maximum atomic E-state index is 9.47. The Morgan fingerprint density at radius 2 is 1.10 bits per heavy atom. The fraction of sp³-hybridized carbons (Fsp3) is 0. The molecule has 0 saturated carbocycles.